The van der Waals surface area contributed by atoms with Gasteiger partial charge in [0.2, 0.25) is 0 Å². The summed E-state index contributed by atoms with van der Waals surface area (Å²) < 4.78 is 4.86. The molecule has 1 aromatic carbocycles. The number of anilines is 1. The van der Waals surface area contributed by atoms with Crippen molar-refractivity contribution < 1.29 is 23.9 Å². The summed E-state index contributed by atoms with van der Waals surface area (Å²) >= 11 is 5.92. The Balaban J connectivity index is 1.50. The Hall–Kier alpha value is -2.61. The van der Waals surface area contributed by atoms with Gasteiger partial charge in [-0.05, 0) is 25.0 Å². The first-order valence-electron chi connectivity index (χ1n) is 8.25. The summed E-state index contributed by atoms with van der Waals surface area (Å²) in [7, 11) is 0. The number of hydrogen-bond donors (Lipinski definition) is 2. The molecular formula is C17H18ClN3O5. The van der Waals surface area contributed by atoms with Crippen LogP contribution in [0.1, 0.15) is 25.7 Å². The first-order valence-corrected chi connectivity index (χ1v) is 8.63. The first kappa shape index (κ1) is 18.2. The molecule has 0 unspecified atom stereocenters. The number of nitrogens with one attached hydrogen (secondary N) is 2. The van der Waals surface area contributed by atoms with Gasteiger partial charge in [0, 0.05) is 0 Å². The average molecular weight is 380 g/mol. The number of carbonyl (C=O) groups is 4. The number of ether oxygens (including phenoxy) is 1. The van der Waals surface area contributed by atoms with Crippen molar-refractivity contribution in [2.75, 3.05) is 18.5 Å². The molecule has 1 saturated heterocycles. The van der Waals surface area contributed by atoms with Crippen LogP contribution in [0.2, 0.25) is 5.02 Å². The number of urea groups is 1. The number of amides is 4. The van der Waals surface area contributed by atoms with Gasteiger partial charge in [0.05, 0.1) is 10.7 Å². The second kappa shape index (κ2) is 7.33. The lowest BCUT2D eigenvalue weighted by Gasteiger charge is -2.19. The Kier molecular flexibility index (Phi) is 5.13. The number of carbonyl (C=O) groups excluding carboxylic acids is 4. The number of nitrogens with zero attached hydrogens (tertiary/aromatic N) is 1. The molecule has 8 nitrogen and oxygen atoms in total. The van der Waals surface area contributed by atoms with Crippen molar-refractivity contribution in [1.82, 2.24) is 10.2 Å². The van der Waals surface area contributed by atoms with Crippen LogP contribution in [0, 0.1) is 0 Å². The Morgan fingerprint density at radius 1 is 1.23 bits per heavy atom. The van der Waals surface area contributed by atoms with Crippen molar-refractivity contribution in [1.29, 1.82) is 0 Å². The Labute approximate surface area is 154 Å². The Morgan fingerprint density at radius 2 is 1.92 bits per heavy atom. The standard InChI is InChI=1S/C17H18ClN3O5/c18-11-5-1-2-6-12(11)19-13(22)10-26-14(23)9-21-15(24)17(20-16(21)25)7-3-4-8-17/h1-2,5-6H,3-4,7-10H2,(H,19,22)(H,20,25). The molecule has 4 amide bonds. The van der Waals surface area contributed by atoms with E-state index >= 15 is 0 Å². The normalized spacial score (nSPS) is 18.1. The fraction of sp³-hybridized carbons (Fsp3) is 0.412. The third-order valence-electron chi connectivity index (χ3n) is 4.50. The van der Waals surface area contributed by atoms with E-state index in [1.165, 1.54) is 0 Å². The van der Waals surface area contributed by atoms with E-state index in [-0.39, 0.29) is 0 Å². The molecule has 3 rings (SSSR count). The lowest BCUT2D eigenvalue weighted by molar-refractivity contribution is -0.150. The molecule has 1 aliphatic carbocycles. The third-order valence-corrected chi connectivity index (χ3v) is 4.83. The maximum absolute atomic E-state index is 12.4. The summed E-state index contributed by atoms with van der Waals surface area (Å²) in [4.78, 5) is 49.0. The molecule has 0 radical (unpaired) electrons. The molecule has 9 heteroatoms. The highest BCUT2D eigenvalue weighted by molar-refractivity contribution is 6.33. The molecule has 1 saturated carbocycles. The number of hydrogen-bond acceptors (Lipinski definition) is 5. The molecule has 2 aliphatic rings. The van der Waals surface area contributed by atoms with Crippen LogP contribution in [0.3, 0.4) is 0 Å². The number of esters is 1. The van der Waals surface area contributed by atoms with Gasteiger partial charge in [0.25, 0.3) is 11.8 Å². The summed E-state index contributed by atoms with van der Waals surface area (Å²) in [6.45, 7) is -1.06. The molecule has 0 bridgehead atoms. The van der Waals surface area contributed by atoms with Crippen LogP contribution < -0.4 is 10.6 Å². The molecule has 26 heavy (non-hydrogen) atoms. The third kappa shape index (κ3) is 3.65. The molecular weight excluding hydrogens is 362 g/mol. The number of rotatable bonds is 5. The highest BCUT2D eigenvalue weighted by Gasteiger charge is 2.52. The minimum absolute atomic E-state index is 0.355. The zero-order chi connectivity index (χ0) is 18.7. The zero-order valence-corrected chi connectivity index (χ0v) is 14.7. The fourth-order valence-electron chi connectivity index (χ4n) is 3.21. The van der Waals surface area contributed by atoms with Crippen LogP contribution in [0.25, 0.3) is 0 Å². The van der Waals surface area contributed by atoms with Gasteiger partial charge in [-0.15, -0.1) is 0 Å². The molecule has 1 heterocycles. The van der Waals surface area contributed by atoms with Crippen LogP contribution in [0.15, 0.2) is 24.3 Å². The molecule has 1 aliphatic heterocycles. The summed E-state index contributed by atoms with van der Waals surface area (Å²) in [5.74, 6) is -1.81. The lowest BCUT2D eigenvalue weighted by atomic mass is 9.98. The van der Waals surface area contributed by atoms with E-state index in [0.29, 0.717) is 23.6 Å². The van der Waals surface area contributed by atoms with E-state index in [1.807, 2.05) is 0 Å². The summed E-state index contributed by atoms with van der Waals surface area (Å²) in [5, 5.41) is 5.54. The highest BCUT2D eigenvalue weighted by atomic mass is 35.5. The van der Waals surface area contributed by atoms with Crippen LogP contribution >= 0.6 is 11.6 Å². The van der Waals surface area contributed by atoms with Crippen LogP contribution in [-0.2, 0) is 19.1 Å². The van der Waals surface area contributed by atoms with Gasteiger partial charge in [0.1, 0.15) is 12.1 Å². The van der Waals surface area contributed by atoms with Crippen LogP contribution in [-0.4, -0.2) is 47.4 Å². The molecule has 2 fully saturated rings. The van der Waals surface area contributed by atoms with Gasteiger partial charge in [-0.25, -0.2) is 4.79 Å². The van der Waals surface area contributed by atoms with E-state index < -0.39 is 42.5 Å². The number of imide groups is 1. The van der Waals surface area contributed by atoms with Crippen molar-refractivity contribution in [3.05, 3.63) is 29.3 Å². The van der Waals surface area contributed by atoms with Gasteiger partial charge in [-0.3, -0.25) is 19.3 Å². The van der Waals surface area contributed by atoms with E-state index in [1.54, 1.807) is 24.3 Å². The van der Waals surface area contributed by atoms with Crippen LogP contribution in [0.5, 0.6) is 0 Å². The summed E-state index contributed by atoms with van der Waals surface area (Å²) in [5.41, 5.74) is -0.480. The minimum Gasteiger partial charge on any atom is -0.454 e. The molecule has 1 aromatic rings. The number of benzene rings is 1. The monoisotopic (exact) mass is 379 g/mol. The second-order valence-corrected chi connectivity index (χ2v) is 6.71. The highest BCUT2D eigenvalue weighted by Crippen LogP contribution is 2.34. The van der Waals surface area contributed by atoms with Gasteiger partial charge < -0.3 is 15.4 Å². The van der Waals surface area contributed by atoms with Gasteiger partial charge in [0.15, 0.2) is 6.61 Å². The molecule has 0 aromatic heterocycles. The number of halogens is 1. The van der Waals surface area contributed by atoms with Gasteiger partial charge >= 0.3 is 12.0 Å². The maximum Gasteiger partial charge on any atom is 0.326 e. The lowest BCUT2D eigenvalue weighted by Crippen LogP contribution is -2.44. The van der Waals surface area contributed by atoms with E-state index in [4.69, 9.17) is 16.3 Å². The average Bonchev–Trinajstić information content (AvgIpc) is 3.16. The van der Waals surface area contributed by atoms with Crippen molar-refractivity contribution in [3.8, 4) is 0 Å². The Bertz CT molecular complexity index is 761. The van der Waals surface area contributed by atoms with E-state index in [9.17, 15) is 19.2 Å². The predicted molar refractivity (Wildman–Crippen MR) is 92.5 cm³/mol. The number of para-hydroxylation sites is 1. The first-order chi connectivity index (χ1) is 12.4. The molecule has 0 atom stereocenters. The van der Waals surface area contributed by atoms with Gasteiger partial charge in [-0.2, -0.15) is 0 Å². The topological polar surface area (TPSA) is 105 Å². The quantitative estimate of drug-likeness (QED) is 0.598. The fourth-order valence-corrected chi connectivity index (χ4v) is 3.39. The molecule has 1 spiro atoms. The van der Waals surface area contributed by atoms with Crippen LogP contribution in [0.4, 0.5) is 10.5 Å². The van der Waals surface area contributed by atoms with Crippen molar-refractivity contribution >= 4 is 41.1 Å². The Morgan fingerprint density at radius 3 is 2.62 bits per heavy atom. The van der Waals surface area contributed by atoms with Gasteiger partial charge in [-0.1, -0.05) is 36.6 Å². The largest absolute Gasteiger partial charge is 0.454 e. The predicted octanol–water partition coefficient (Wildman–Crippen LogP) is 1.69. The zero-order valence-electron chi connectivity index (χ0n) is 13.9. The van der Waals surface area contributed by atoms with Crippen molar-refractivity contribution in [3.63, 3.8) is 0 Å². The van der Waals surface area contributed by atoms with E-state index in [0.717, 1.165) is 17.7 Å². The van der Waals surface area contributed by atoms with E-state index in [2.05, 4.69) is 10.6 Å². The second-order valence-electron chi connectivity index (χ2n) is 6.30. The maximum atomic E-state index is 12.4. The summed E-state index contributed by atoms with van der Waals surface area (Å²) in [6.07, 6.45) is 2.85. The van der Waals surface area contributed by atoms with Crippen molar-refractivity contribution in [2.24, 2.45) is 0 Å². The summed E-state index contributed by atoms with van der Waals surface area (Å²) in [6, 6.07) is 6.03. The minimum atomic E-state index is -0.876. The SMILES string of the molecule is O=C(COC(=O)CN1C(=O)NC2(CCCC2)C1=O)Nc1ccccc1Cl. The molecule has 2 N–H and O–H groups in total. The smallest absolute Gasteiger partial charge is 0.326 e. The molecule has 138 valence electrons. The van der Waals surface area contributed by atoms with Crippen molar-refractivity contribution in [2.45, 2.75) is 31.2 Å².